The van der Waals surface area contributed by atoms with E-state index in [2.05, 4.69) is 10.6 Å². The van der Waals surface area contributed by atoms with Crippen LogP contribution in [0.1, 0.15) is 28.4 Å². The molecular weight excluding hydrogens is 312 g/mol. The van der Waals surface area contributed by atoms with Crippen LogP contribution in [-0.4, -0.2) is 17.2 Å². The molecule has 2 aromatic carbocycles. The second kappa shape index (κ2) is 7.79. The minimum atomic E-state index is -0.668. The summed E-state index contributed by atoms with van der Waals surface area (Å²) < 4.78 is 0. The van der Waals surface area contributed by atoms with Crippen molar-refractivity contribution in [1.82, 2.24) is 5.32 Å². The largest absolute Gasteiger partial charge is 0.348 e. The minimum absolute atomic E-state index is 0.247. The molecule has 2 rings (SSSR count). The lowest BCUT2D eigenvalue weighted by atomic mass is 10.1. The molecule has 0 saturated carbocycles. The average molecular weight is 331 g/mol. The van der Waals surface area contributed by atoms with Gasteiger partial charge >= 0.3 is 0 Å². The van der Waals surface area contributed by atoms with Gasteiger partial charge in [-0.2, -0.15) is 0 Å². The second-order valence-electron chi connectivity index (χ2n) is 5.32. The van der Waals surface area contributed by atoms with E-state index in [0.717, 1.165) is 5.56 Å². The first-order valence-electron chi connectivity index (χ1n) is 7.35. The van der Waals surface area contributed by atoms with Crippen LogP contribution in [0.2, 0.25) is 0 Å². The van der Waals surface area contributed by atoms with Crippen molar-refractivity contribution in [2.45, 2.75) is 25.8 Å². The van der Waals surface area contributed by atoms with Crippen LogP contribution in [0.5, 0.6) is 0 Å². The molecule has 23 heavy (non-hydrogen) atoms. The Morgan fingerprint density at radius 2 is 1.74 bits per heavy atom. The summed E-state index contributed by atoms with van der Waals surface area (Å²) in [6.45, 7) is 4.02. The van der Waals surface area contributed by atoms with Crippen LogP contribution in [0.4, 0.5) is 5.69 Å². The van der Waals surface area contributed by atoms with Gasteiger partial charge in [-0.15, -0.1) is 11.6 Å². The number of carbonyl (C=O) groups excluding carboxylic acids is 2. The summed E-state index contributed by atoms with van der Waals surface area (Å²) in [7, 11) is 0. The molecule has 5 heteroatoms. The Kier molecular flexibility index (Phi) is 5.77. The zero-order valence-corrected chi connectivity index (χ0v) is 13.9. The lowest BCUT2D eigenvalue weighted by Crippen LogP contribution is -2.26. The van der Waals surface area contributed by atoms with Crippen LogP contribution in [0.3, 0.4) is 0 Å². The summed E-state index contributed by atoms with van der Waals surface area (Å²) in [5.41, 5.74) is 3.04. The van der Waals surface area contributed by atoms with E-state index >= 15 is 0 Å². The van der Waals surface area contributed by atoms with E-state index in [1.165, 1.54) is 5.56 Å². The summed E-state index contributed by atoms with van der Waals surface area (Å²) in [6.07, 6.45) is 0. The fourth-order valence-corrected chi connectivity index (χ4v) is 2.06. The van der Waals surface area contributed by atoms with Gasteiger partial charge in [0.2, 0.25) is 5.91 Å². The monoisotopic (exact) mass is 330 g/mol. The molecule has 0 spiro atoms. The number of anilines is 1. The van der Waals surface area contributed by atoms with E-state index in [-0.39, 0.29) is 11.8 Å². The molecule has 1 unspecified atom stereocenters. The molecule has 0 bridgehead atoms. The number of aryl methyl sites for hydroxylation is 1. The first kappa shape index (κ1) is 17.0. The zero-order chi connectivity index (χ0) is 16.8. The van der Waals surface area contributed by atoms with Gasteiger partial charge in [-0.05, 0) is 31.5 Å². The SMILES string of the molecule is Cc1ccc(CNC(=O)c2ccccc2NC(=O)C(C)Cl)cc1. The third kappa shape index (κ3) is 4.83. The second-order valence-corrected chi connectivity index (χ2v) is 5.97. The van der Waals surface area contributed by atoms with Crippen LogP contribution in [-0.2, 0) is 11.3 Å². The molecule has 0 aromatic heterocycles. The van der Waals surface area contributed by atoms with E-state index < -0.39 is 5.38 Å². The molecule has 0 heterocycles. The van der Waals surface area contributed by atoms with Crippen molar-refractivity contribution in [2.24, 2.45) is 0 Å². The molecule has 2 N–H and O–H groups in total. The molecule has 2 amide bonds. The quantitative estimate of drug-likeness (QED) is 0.824. The van der Waals surface area contributed by atoms with Gasteiger partial charge in [-0.25, -0.2) is 0 Å². The van der Waals surface area contributed by atoms with Crippen molar-refractivity contribution in [3.05, 3.63) is 65.2 Å². The van der Waals surface area contributed by atoms with Crippen LogP contribution < -0.4 is 10.6 Å². The van der Waals surface area contributed by atoms with Gasteiger partial charge < -0.3 is 10.6 Å². The number of alkyl halides is 1. The van der Waals surface area contributed by atoms with E-state index in [1.54, 1.807) is 31.2 Å². The highest BCUT2D eigenvalue weighted by molar-refractivity contribution is 6.32. The number of carbonyl (C=O) groups is 2. The van der Waals surface area contributed by atoms with Gasteiger partial charge in [0.15, 0.2) is 0 Å². The number of hydrogen-bond donors (Lipinski definition) is 2. The van der Waals surface area contributed by atoms with E-state index in [0.29, 0.717) is 17.8 Å². The van der Waals surface area contributed by atoms with Crippen molar-refractivity contribution >= 4 is 29.1 Å². The van der Waals surface area contributed by atoms with Crippen molar-refractivity contribution in [2.75, 3.05) is 5.32 Å². The number of para-hydroxylation sites is 1. The predicted octanol–water partition coefficient (Wildman–Crippen LogP) is 3.49. The van der Waals surface area contributed by atoms with Crippen LogP contribution >= 0.6 is 11.6 Å². The summed E-state index contributed by atoms with van der Waals surface area (Å²) in [4.78, 5) is 24.1. The first-order chi connectivity index (χ1) is 11.0. The first-order valence-corrected chi connectivity index (χ1v) is 7.78. The maximum absolute atomic E-state index is 12.4. The fraction of sp³-hybridized carbons (Fsp3) is 0.222. The van der Waals surface area contributed by atoms with Gasteiger partial charge in [0, 0.05) is 6.54 Å². The van der Waals surface area contributed by atoms with E-state index in [1.807, 2.05) is 31.2 Å². The number of benzene rings is 2. The summed E-state index contributed by atoms with van der Waals surface area (Å²) in [6, 6.07) is 14.8. The van der Waals surface area contributed by atoms with Gasteiger partial charge in [0.25, 0.3) is 5.91 Å². The van der Waals surface area contributed by atoms with Gasteiger partial charge in [0.1, 0.15) is 5.38 Å². The molecule has 4 nitrogen and oxygen atoms in total. The lowest BCUT2D eigenvalue weighted by molar-refractivity contribution is -0.115. The summed E-state index contributed by atoms with van der Waals surface area (Å²) in [5, 5.41) is 4.85. The molecular formula is C18H19ClN2O2. The molecule has 0 aliphatic rings. The number of rotatable bonds is 5. The number of halogens is 1. The van der Waals surface area contributed by atoms with Crippen LogP contribution in [0.15, 0.2) is 48.5 Å². The molecule has 120 valence electrons. The van der Waals surface area contributed by atoms with Crippen molar-refractivity contribution in [3.8, 4) is 0 Å². The Balaban J connectivity index is 2.07. The molecule has 0 fully saturated rings. The zero-order valence-electron chi connectivity index (χ0n) is 13.1. The average Bonchev–Trinajstić information content (AvgIpc) is 2.54. The summed E-state index contributed by atoms with van der Waals surface area (Å²) in [5.74, 6) is -0.589. The van der Waals surface area contributed by atoms with Crippen LogP contribution in [0.25, 0.3) is 0 Å². The molecule has 1 atom stereocenters. The molecule has 0 radical (unpaired) electrons. The number of hydrogen-bond acceptors (Lipinski definition) is 2. The Morgan fingerprint density at radius 1 is 1.09 bits per heavy atom. The van der Waals surface area contributed by atoms with Crippen molar-refractivity contribution < 1.29 is 9.59 Å². The van der Waals surface area contributed by atoms with Gasteiger partial charge in [-0.1, -0.05) is 42.0 Å². The number of amides is 2. The molecule has 0 aliphatic heterocycles. The minimum Gasteiger partial charge on any atom is -0.348 e. The Morgan fingerprint density at radius 3 is 2.39 bits per heavy atom. The molecule has 0 aliphatic carbocycles. The Hall–Kier alpha value is -2.33. The highest BCUT2D eigenvalue weighted by Gasteiger charge is 2.15. The highest BCUT2D eigenvalue weighted by Crippen LogP contribution is 2.16. The maximum atomic E-state index is 12.4. The van der Waals surface area contributed by atoms with Crippen molar-refractivity contribution in [3.63, 3.8) is 0 Å². The van der Waals surface area contributed by atoms with Crippen LogP contribution in [0, 0.1) is 6.92 Å². The fourth-order valence-electron chi connectivity index (χ4n) is 2.01. The third-order valence-electron chi connectivity index (χ3n) is 3.36. The molecule has 0 saturated heterocycles. The maximum Gasteiger partial charge on any atom is 0.253 e. The topological polar surface area (TPSA) is 58.2 Å². The van der Waals surface area contributed by atoms with Crippen molar-refractivity contribution in [1.29, 1.82) is 0 Å². The molecule has 2 aromatic rings. The third-order valence-corrected chi connectivity index (χ3v) is 3.56. The lowest BCUT2D eigenvalue weighted by Gasteiger charge is -2.12. The predicted molar refractivity (Wildman–Crippen MR) is 92.7 cm³/mol. The van der Waals surface area contributed by atoms with E-state index in [4.69, 9.17) is 11.6 Å². The Bertz CT molecular complexity index is 696. The van der Waals surface area contributed by atoms with Gasteiger partial charge in [-0.3, -0.25) is 9.59 Å². The van der Waals surface area contributed by atoms with E-state index in [9.17, 15) is 9.59 Å². The highest BCUT2D eigenvalue weighted by atomic mass is 35.5. The summed E-state index contributed by atoms with van der Waals surface area (Å²) >= 11 is 5.75. The Labute approximate surface area is 140 Å². The number of nitrogens with one attached hydrogen (secondary N) is 2. The normalized spacial score (nSPS) is 11.6. The smallest absolute Gasteiger partial charge is 0.253 e. The van der Waals surface area contributed by atoms with Gasteiger partial charge in [0.05, 0.1) is 11.3 Å². The standard InChI is InChI=1S/C18H19ClN2O2/c1-12-7-9-14(10-8-12)11-20-18(23)15-5-3-4-6-16(15)21-17(22)13(2)19/h3-10,13H,11H2,1-2H3,(H,20,23)(H,21,22).